The molecule has 0 bridgehead atoms. The summed E-state index contributed by atoms with van der Waals surface area (Å²) in [6.45, 7) is 4.28. The Morgan fingerprint density at radius 1 is 1.42 bits per heavy atom. The van der Waals surface area contributed by atoms with Crippen molar-refractivity contribution in [2.24, 2.45) is 0 Å². The summed E-state index contributed by atoms with van der Waals surface area (Å²) < 4.78 is 1.19. The molecule has 0 aliphatic carbocycles. The molecule has 68 valence electrons. The zero-order chi connectivity index (χ0) is 8.27. The molecule has 0 amide bonds. The molecule has 0 aliphatic rings. The third kappa shape index (κ3) is 3.50. The van der Waals surface area contributed by atoms with E-state index in [1.165, 1.54) is 14.9 Å². The van der Waals surface area contributed by atoms with Crippen molar-refractivity contribution in [1.29, 1.82) is 0 Å². The molecule has 3 heteroatoms. The summed E-state index contributed by atoms with van der Waals surface area (Å²) in [6.07, 6.45) is 0. The monoisotopic (exact) mass is 310 g/mol. The van der Waals surface area contributed by atoms with Gasteiger partial charge in [0.2, 0.25) is 0 Å². The first-order valence-electron chi connectivity index (χ1n) is 3.63. The van der Waals surface area contributed by atoms with Gasteiger partial charge in [0.25, 0.3) is 0 Å². The highest BCUT2D eigenvalue weighted by Crippen LogP contribution is 2.23. The second kappa shape index (κ2) is 6.06. The number of aryl methyl sites for hydroxylation is 1. The molecule has 0 heterocycles. The van der Waals surface area contributed by atoms with Gasteiger partial charge in [-0.15, -0.1) is 28.7 Å². The molecule has 0 aliphatic heterocycles. The Balaban J connectivity index is 0.00000121. The molecule has 0 spiro atoms. The molecular formula is C9H12Br2S. The Labute approximate surface area is 97.0 Å². The zero-order valence-electron chi connectivity index (χ0n) is 7.13. The van der Waals surface area contributed by atoms with Crippen molar-refractivity contribution >= 4 is 44.7 Å². The molecule has 0 fully saturated rings. The summed E-state index contributed by atoms with van der Waals surface area (Å²) in [5, 5.41) is 0. The van der Waals surface area contributed by atoms with Gasteiger partial charge in [0, 0.05) is 9.37 Å². The predicted octanol–water partition coefficient (Wildman–Crippen LogP) is 4.45. The van der Waals surface area contributed by atoms with Crippen molar-refractivity contribution in [1.82, 2.24) is 0 Å². The molecule has 0 aromatic heterocycles. The van der Waals surface area contributed by atoms with Crippen LogP contribution >= 0.6 is 44.7 Å². The zero-order valence-corrected chi connectivity index (χ0v) is 11.2. The van der Waals surface area contributed by atoms with Gasteiger partial charge in [-0.25, -0.2) is 0 Å². The van der Waals surface area contributed by atoms with E-state index in [0.29, 0.717) is 0 Å². The van der Waals surface area contributed by atoms with Gasteiger partial charge < -0.3 is 0 Å². The molecule has 1 aromatic rings. The second-order valence-corrected chi connectivity index (χ2v) is 4.54. The summed E-state index contributed by atoms with van der Waals surface area (Å²) >= 11 is 5.35. The number of benzene rings is 1. The van der Waals surface area contributed by atoms with Gasteiger partial charge in [-0.1, -0.05) is 22.9 Å². The van der Waals surface area contributed by atoms with Gasteiger partial charge in [0.15, 0.2) is 0 Å². The van der Waals surface area contributed by atoms with Crippen molar-refractivity contribution in [3.63, 3.8) is 0 Å². The molecule has 0 unspecified atom stereocenters. The Bertz CT molecular complexity index is 248. The summed E-state index contributed by atoms with van der Waals surface area (Å²) in [5.74, 6) is 1.14. The lowest BCUT2D eigenvalue weighted by molar-refractivity contribution is 1.33. The average molecular weight is 312 g/mol. The quantitative estimate of drug-likeness (QED) is 0.727. The second-order valence-electron chi connectivity index (χ2n) is 2.34. The standard InChI is InChI=1S/C9H11BrS.BrH/c1-3-11-8-4-5-9(10)7(2)6-8;/h4-6H,3H2,1-2H3;1H. The van der Waals surface area contributed by atoms with Crippen molar-refractivity contribution in [3.05, 3.63) is 28.2 Å². The molecule has 1 aromatic carbocycles. The Morgan fingerprint density at radius 3 is 2.58 bits per heavy atom. The maximum atomic E-state index is 3.47. The van der Waals surface area contributed by atoms with Crippen LogP contribution in [0.3, 0.4) is 0 Å². The summed E-state index contributed by atoms with van der Waals surface area (Å²) in [7, 11) is 0. The van der Waals surface area contributed by atoms with E-state index in [-0.39, 0.29) is 17.0 Å². The van der Waals surface area contributed by atoms with Gasteiger partial charge in [0.1, 0.15) is 0 Å². The SMILES string of the molecule is Br.CCSc1ccc(Br)c(C)c1. The van der Waals surface area contributed by atoms with Crippen molar-refractivity contribution in [2.75, 3.05) is 5.75 Å². The first-order chi connectivity index (χ1) is 5.24. The lowest BCUT2D eigenvalue weighted by Crippen LogP contribution is -1.77. The van der Waals surface area contributed by atoms with Crippen LogP contribution in [0.5, 0.6) is 0 Å². The van der Waals surface area contributed by atoms with Crippen LogP contribution in [-0.4, -0.2) is 5.75 Å². The highest BCUT2D eigenvalue weighted by atomic mass is 79.9. The first kappa shape index (κ1) is 12.5. The third-order valence-corrected chi connectivity index (χ3v) is 3.21. The molecule has 0 saturated heterocycles. The van der Waals surface area contributed by atoms with Gasteiger partial charge >= 0.3 is 0 Å². The molecule has 1 rings (SSSR count). The number of halogens is 2. The normalized spacial score (nSPS) is 9.25. The maximum Gasteiger partial charge on any atom is 0.0205 e. The van der Waals surface area contributed by atoms with E-state index in [2.05, 4.69) is 48.0 Å². The largest absolute Gasteiger partial charge is 0.126 e. The van der Waals surface area contributed by atoms with Gasteiger partial charge in [-0.3, -0.25) is 0 Å². The van der Waals surface area contributed by atoms with Crippen LogP contribution in [0.25, 0.3) is 0 Å². The highest BCUT2D eigenvalue weighted by Gasteiger charge is 1.95. The summed E-state index contributed by atoms with van der Waals surface area (Å²) in [4.78, 5) is 1.35. The first-order valence-corrected chi connectivity index (χ1v) is 5.41. The minimum atomic E-state index is 0. The van der Waals surface area contributed by atoms with Crippen LogP contribution in [0.15, 0.2) is 27.6 Å². The molecule has 0 N–H and O–H groups in total. The Hall–Kier alpha value is 0.530. The number of rotatable bonds is 2. The topological polar surface area (TPSA) is 0 Å². The average Bonchev–Trinajstić information content (AvgIpc) is 1.98. The predicted molar refractivity (Wildman–Crippen MR) is 65.6 cm³/mol. The molecule has 0 nitrogen and oxygen atoms in total. The van der Waals surface area contributed by atoms with Gasteiger partial charge in [0.05, 0.1) is 0 Å². The van der Waals surface area contributed by atoms with E-state index in [9.17, 15) is 0 Å². The van der Waals surface area contributed by atoms with Crippen LogP contribution in [0, 0.1) is 6.92 Å². The fraction of sp³-hybridized carbons (Fsp3) is 0.333. The van der Waals surface area contributed by atoms with Crippen LogP contribution < -0.4 is 0 Å². The molecule has 0 saturated carbocycles. The molecule has 0 atom stereocenters. The molecule has 0 radical (unpaired) electrons. The van der Waals surface area contributed by atoms with Crippen molar-refractivity contribution < 1.29 is 0 Å². The van der Waals surface area contributed by atoms with E-state index < -0.39 is 0 Å². The Kier molecular flexibility index (Phi) is 6.32. The smallest absolute Gasteiger partial charge is 0.0205 e. The van der Waals surface area contributed by atoms with E-state index in [1.54, 1.807) is 0 Å². The lowest BCUT2D eigenvalue weighted by Gasteiger charge is -2.01. The third-order valence-electron chi connectivity index (χ3n) is 1.44. The van der Waals surface area contributed by atoms with Crippen molar-refractivity contribution in [2.45, 2.75) is 18.7 Å². The number of thioether (sulfide) groups is 1. The van der Waals surface area contributed by atoms with E-state index in [0.717, 1.165) is 5.75 Å². The maximum absolute atomic E-state index is 3.47. The van der Waals surface area contributed by atoms with Crippen LogP contribution in [0.1, 0.15) is 12.5 Å². The van der Waals surface area contributed by atoms with Crippen LogP contribution in [0.4, 0.5) is 0 Å². The van der Waals surface area contributed by atoms with Crippen LogP contribution in [-0.2, 0) is 0 Å². The fourth-order valence-corrected chi connectivity index (χ4v) is 1.88. The Morgan fingerprint density at radius 2 is 2.08 bits per heavy atom. The van der Waals surface area contributed by atoms with E-state index >= 15 is 0 Å². The minimum absolute atomic E-state index is 0. The number of hydrogen-bond donors (Lipinski definition) is 0. The van der Waals surface area contributed by atoms with Crippen LogP contribution in [0.2, 0.25) is 0 Å². The van der Waals surface area contributed by atoms with Gasteiger partial charge in [-0.05, 0) is 36.4 Å². The summed E-state index contributed by atoms with van der Waals surface area (Å²) in [5.41, 5.74) is 1.31. The minimum Gasteiger partial charge on any atom is -0.126 e. The summed E-state index contributed by atoms with van der Waals surface area (Å²) in [6, 6.07) is 6.46. The molecular weight excluding hydrogens is 300 g/mol. The van der Waals surface area contributed by atoms with Gasteiger partial charge in [-0.2, -0.15) is 0 Å². The highest BCUT2D eigenvalue weighted by molar-refractivity contribution is 9.10. The fourth-order valence-electron chi connectivity index (χ4n) is 0.874. The number of hydrogen-bond acceptors (Lipinski definition) is 1. The molecule has 12 heavy (non-hydrogen) atoms. The van der Waals surface area contributed by atoms with Crippen molar-refractivity contribution in [3.8, 4) is 0 Å². The lowest BCUT2D eigenvalue weighted by atomic mass is 10.2. The van der Waals surface area contributed by atoms with E-state index in [4.69, 9.17) is 0 Å². The van der Waals surface area contributed by atoms with E-state index in [1.807, 2.05) is 11.8 Å².